The van der Waals surface area contributed by atoms with Gasteiger partial charge in [-0.05, 0) is 18.2 Å². The lowest BCUT2D eigenvalue weighted by atomic mass is 10.1. The number of halogens is 1. The molecule has 0 spiro atoms. The van der Waals surface area contributed by atoms with E-state index in [4.69, 9.17) is 22.1 Å². The van der Waals surface area contributed by atoms with Crippen LogP contribution in [-0.4, -0.2) is 26.8 Å². The molecule has 2 aromatic heterocycles. The molecule has 0 atom stereocenters. The molecule has 3 N–H and O–H groups in total. The molecular weight excluding hydrogens is 374 g/mol. The Bertz CT molecular complexity index is 1290. The molecule has 4 aromatic rings. The number of nitrogens with two attached hydrogens (primary N) is 1. The van der Waals surface area contributed by atoms with Gasteiger partial charge >= 0.3 is 0 Å². The number of non-ortho nitro benzene ring substituents is 1. The van der Waals surface area contributed by atoms with E-state index in [1.165, 1.54) is 30.0 Å². The number of H-pyrrole nitrogens is 1. The number of hydrogen-bond acceptors (Lipinski definition) is 6. The Kier molecular flexibility index (Phi) is 3.74. The molecule has 0 saturated carbocycles. The lowest BCUT2D eigenvalue weighted by Crippen LogP contribution is -2.08. The quantitative estimate of drug-likeness (QED) is 0.412. The Labute approximate surface area is 156 Å². The minimum atomic E-state index is -0.537. The first-order chi connectivity index (χ1) is 12.9. The summed E-state index contributed by atoms with van der Waals surface area (Å²) < 4.78 is 6.56. The van der Waals surface area contributed by atoms with E-state index in [1.807, 2.05) is 0 Å². The highest BCUT2D eigenvalue weighted by Gasteiger charge is 2.19. The van der Waals surface area contributed by atoms with Crippen molar-refractivity contribution in [3.8, 4) is 11.4 Å². The van der Waals surface area contributed by atoms with Crippen molar-refractivity contribution in [2.24, 2.45) is 0 Å². The zero-order valence-corrected chi connectivity index (χ0v) is 14.6. The molecule has 10 heteroatoms. The molecule has 0 radical (unpaired) electrons. The molecule has 0 bridgehead atoms. The summed E-state index contributed by atoms with van der Waals surface area (Å²) in [6.07, 6.45) is 0. The molecule has 2 aromatic carbocycles. The van der Waals surface area contributed by atoms with Crippen molar-refractivity contribution >= 4 is 44.9 Å². The van der Waals surface area contributed by atoms with Crippen LogP contribution in [0.2, 0.25) is 5.02 Å². The number of nitro groups is 1. The van der Waals surface area contributed by atoms with Gasteiger partial charge in [0.2, 0.25) is 0 Å². The molecule has 2 heterocycles. The largest absolute Gasteiger partial charge is 0.497 e. The number of hydrogen-bond donors (Lipinski definition) is 2. The maximum Gasteiger partial charge on any atom is 0.271 e. The molecule has 9 nitrogen and oxygen atoms in total. The lowest BCUT2D eigenvalue weighted by molar-refractivity contribution is -0.384. The van der Waals surface area contributed by atoms with Crippen molar-refractivity contribution in [1.29, 1.82) is 0 Å². The number of nitrogen functional groups attached to an aromatic ring is 1. The fourth-order valence-electron chi connectivity index (χ4n) is 2.95. The Morgan fingerprint density at radius 3 is 2.78 bits per heavy atom. The van der Waals surface area contributed by atoms with E-state index < -0.39 is 10.5 Å². The van der Waals surface area contributed by atoms with Crippen molar-refractivity contribution in [2.75, 3.05) is 12.8 Å². The van der Waals surface area contributed by atoms with Crippen molar-refractivity contribution in [2.45, 2.75) is 0 Å². The van der Waals surface area contributed by atoms with Gasteiger partial charge in [-0.3, -0.25) is 14.9 Å². The number of nitrogens with one attached hydrogen (secondary N) is 1. The van der Waals surface area contributed by atoms with Crippen LogP contribution in [0.25, 0.3) is 27.5 Å². The van der Waals surface area contributed by atoms with Gasteiger partial charge in [-0.15, -0.1) is 0 Å². The number of nitrogens with zero attached hydrogens (tertiary/aromatic N) is 3. The number of aromatic nitrogens is 3. The minimum Gasteiger partial charge on any atom is -0.497 e. The van der Waals surface area contributed by atoms with Crippen molar-refractivity contribution in [3.05, 3.63) is 61.9 Å². The zero-order valence-electron chi connectivity index (χ0n) is 13.9. The summed E-state index contributed by atoms with van der Waals surface area (Å²) in [6.45, 7) is 0. The van der Waals surface area contributed by atoms with Crippen LogP contribution >= 0.6 is 11.6 Å². The Hall–Kier alpha value is -3.59. The van der Waals surface area contributed by atoms with E-state index in [2.05, 4.69) is 10.1 Å². The first-order valence-corrected chi connectivity index (χ1v) is 8.11. The fourth-order valence-corrected chi connectivity index (χ4v) is 3.15. The first-order valence-electron chi connectivity index (χ1n) is 7.73. The average Bonchev–Trinajstić information content (AvgIpc) is 2.99. The van der Waals surface area contributed by atoms with Crippen LogP contribution in [0.1, 0.15) is 0 Å². The normalized spacial score (nSPS) is 11.2. The SMILES string of the molecule is COc1ccc(Cl)c(-n2nc3c(c2N)c(=O)[nH]c2cc([N+](=O)[O-])ccc23)c1. The molecule has 136 valence electrons. The summed E-state index contributed by atoms with van der Waals surface area (Å²) in [6, 6.07) is 9.11. The average molecular weight is 386 g/mol. The van der Waals surface area contributed by atoms with Gasteiger partial charge in [-0.1, -0.05) is 11.6 Å². The predicted octanol–water partition coefficient (Wildman–Crippen LogP) is 3.02. The van der Waals surface area contributed by atoms with Gasteiger partial charge in [0.1, 0.15) is 22.5 Å². The van der Waals surface area contributed by atoms with Crippen molar-refractivity contribution < 1.29 is 9.66 Å². The molecule has 0 aliphatic rings. The molecule has 27 heavy (non-hydrogen) atoms. The topological polar surface area (TPSA) is 129 Å². The fraction of sp³-hybridized carbons (Fsp3) is 0.0588. The summed E-state index contributed by atoms with van der Waals surface area (Å²) in [5, 5.41) is 16.5. The standard InChI is InChI=1S/C17H12ClN5O4/c1-27-9-3-5-11(18)13(7-9)22-16(19)14-15(21-22)10-4-2-8(23(25)26)6-12(10)20-17(14)24/h2-7H,19H2,1H3,(H,20,24). The third-order valence-corrected chi connectivity index (χ3v) is 4.57. The van der Waals surface area contributed by atoms with Gasteiger partial charge in [-0.25, -0.2) is 4.68 Å². The summed E-state index contributed by atoms with van der Waals surface area (Å²) >= 11 is 6.27. The summed E-state index contributed by atoms with van der Waals surface area (Å²) in [5.74, 6) is 0.643. The molecule has 0 unspecified atom stereocenters. The Balaban J connectivity index is 2.07. The maximum atomic E-state index is 12.5. The molecule has 0 fully saturated rings. The molecule has 0 aliphatic carbocycles. The molecule has 0 aliphatic heterocycles. The van der Waals surface area contributed by atoms with Gasteiger partial charge in [-0.2, -0.15) is 5.10 Å². The highest BCUT2D eigenvalue weighted by molar-refractivity contribution is 6.32. The molecular formula is C17H12ClN5O4. The lowest BCUT2D eigenvalue weighted by Gasteiger charge is -2.08. The van der Waals surface area contributed by atoms with Crippen LogP contribution in [0.4, 0.5) is 11.5 Å². The monoisotopic (exact) mass is 385 g/mol. The second-order valence-electron chi connectivity index (χ2n) is 5.78. The number of methoxy groups -OCH3 is 1. The Morgan fingerprint density at radius 1 is 1.30 bits per heavy atom. The second-order valence-corrected chi connectivity index (χ2v) is 6.19. The van der Waals surface area contributed by atoms with E-state index in [0.29, 0.717) is 32.9 Å². The number of anilines is 1. The molecule has 0 amide bonds. The molecule has 0 saturated heterocycles. The van der Waals surface area contributed by atoms with Gasteiger partial charge in [0.15, 0.2) is 0 Å². The third kappa shape index (κ3) is 2.56. The maximum absolute atomic E-state index is 12.5. The summed E-state index contributed by atoms with van der Waals surface area (Å²) in [7, 11) is 1.51. The summed E-state index contributed by atoms with van der Waals surface area (Å²) in [5.41, 5.74) is 6.59. The van der Waals surface area contributed by atoms with E-state index >= 15 is 0 Å². The van der Waals surface area contributed by atoms with Crippen LogP contribution in [0.3, 0.4) is 0 Å². The predicted molar refractivity (Wildman–Crippen MR) is 102 cm³/mol. The highest BCUT2D eigenvalue weighted by Crippen LogP contribution is 2.32. The smallest absolute Gasteiger partial charge is 0.271 e. The number of rotatable bonds is 3. The number of fused-ring (bicyclic) bond motifs is 3. The third-order valence-electron chi connectivity index (χ3n) is 4.25. The van der Waals surface area contributed by atoms with Crippen LogP contribution in [0.5, 0.6) is 5.75 Å². The van der Waals surface area contributed by atoms with Gasteiger partial charge in [0.25, 0.3) is 11.2 Å². The number of nitro benzene ring substituents is 1. The van der Waals surface area contributed by atoms with Crippen LogP contribution in [0.15, 0.2) is 41.2 Å². The van der Waals surface area contributed by atoms with Gasteiger partial charge in [0, 0.05) is 23.6 Å². The van der Waals surface area contributed by atoms with Crippen LogP contribution in [-0.2, 0) is 0 Å². The van der Waals surface area contributed by atoms with Crippen molar-refractivity contribution in [3.63, 3.8) is 0 Å². The van der Waals surface area contributed by atoms with E-state index in [9.17, 15) is 14.9 Å². The molecule has 4 rings (SSSR count). The summed E-state index contributed by atoms with van der Waals surface area (Å²) in [4.78, 5) is 25.6. The van der Waals surface area contributed by atoms with Crippen LogP contribution in [0, 0.1) is 10.1 Å². The minimum absolute atomic E-state index is 0.0988. The van der Waals surface area contributed by atoms with Gasteiger partial charge < -0.3 is 15.5 Å². The van der Waals surface area contributed by atoms with Crippen molar-refractivity contribution in [1.82, 2.24) is 14.8 Å². The van der Waals surface area contributed by atoms with E-state index in [1.54, 1.807) is 18.2 Å². The van der Waals surface area contributed by atoms with E-state index in [0.717, 1.165) is 0 Å². The first kappa shape index (κ1) is 16.9. The van der Waals surface area contributed by atoms with E-state index in [-0.39, 0.29) is 16.9 Å². The highest BCUT2D eigenvalue weighted by atomic mass is 35.5. The van der Waals surface area contributed by atoms with Gasteiger partial charge in [0.05, 0.1) is 28.3 Å². The number of pyridine rings is 1. The van der Waals surface area contributed by atoms with Crippen LogP contribution < -0.4 is 16.0 Å². The second kappa shape index (κ2) is 5.99. The number of benzene rings is 2. The number of ether oxygens (including phenoxy) is 1. The zero-order chi connectivity index (χ0) is 19.3. The Morgan fingerprint density at radius 2 is 2.07 bits per heavy atom. The number of aromatic amines is 1.